The zero-order valence-electron chi connectivity index (χ0n) is 12.2. The standard InChI is InChI=1S/C14H24N2O4S/c1-2-3-6-21(19,20)15-12-7-13(8-12)16(10-14(17)18)9-11-4-5-11/h2,11-13,15H,1,3-10H2,(H,17,18). The van der Waals surface area contributed by atoms with Crippen molar-refractivity contribution in [3.8, 4) is 0 Å². The van der Waals surface area contributed by atoms with Gasteiger partial charge in [-0.05, 0) is 38.0 Å². The Kier molecular flexibility index (Phi) is 5.40. The molecule has 2 aliphatic carbocycles. The lowest BCUT2D eigenvalue weighted by Gasteiger charge is -2.42. The van der Waals surface area contributed by atoms with Gasteiger partial charge in [-0.1, -0.05) is 6.08 Å². The van der Waals surface area contributed by atoms with Gasteiger partial charge < -0.3 is 5.11 Å². The number of aliphatic carboxylic acids is 1. The second-order valence-electron chi connectivity index (χ2n) is 6.10. The van der Waals surface area contributed by atoms with Crippen molar-refractivity contribution in [2.24, 2.45) is 5.92 Å². The van der Waals surface area contributed by atoms with Crippen LogP contribution in [0, 0.1) is 5.92 Å². The van der Waals surface area contributed by atoms with Crippen LogP contribution in [0.25, 0.3) is 0 Å². The number of nitrogens with one attached hydrogen (secondary N) is 1. The molecule has 2 N–H and O–H groups in total. The lowest BCUT2D eigenvalue weighted by molar-refractivity contribution is -0.139. The molecule has 0 aromatic rings. The number of carbonyl (C=O) groups is 1. The maximum atomic E-state index is 11.8. The van der Waals surface area contributed by atoms with E-state index >= 15 is 0 Å². The largest absolute Gasteiger partial charge is 0.480 e. The average Bonchev–Trinajstić information content (AvgIpc) is 3.13. The smallest absolute Gasteiger partial charge is 0.317 e. The molecular formula is C14H24N2O4S. The number of rotatable bonds is 10. The van der Waals surface area contributed by atoms with Crippen molar-refractivity contribution in [2.45, 2.75) is 44.2 Å². The number of hydrogen-bond donors (Lipinski definition) is 2. The fourth-order valence-electron chi connectivity index (χ4n) is 2.68. The Balaban J connectivity index is 1.77. The van der Waals surface area contributed by atoms with Gasteiger partial charge in [0.05, 0.1) is 12.3 Å². The molecule has 0 aromatic carbocycles. The Morgan fingerprint density at radius 3 is 2.57 bits per heavy atom. The molecule has 6 nitrogen and oxygen atoms in total. The Morgan fingerprint density at radius 1 is 1.38 bits per heavy atom. The van der Waals surface area contributed by atoms with E-state index in [9.17, 15) is 13.2 Å². The van der Waals surface area contributed by atoms with E-state index in [2.05, 4.69) is 11.3 Å². The van der Waals surface area contributed by atoms with E-state index in [0.717, 1.165) is 6.54 Å². The predicted molar refractivity (Wildman–Crippen MR) is 80.5 cm³/mol. The summed E-state index contributed by atoms with van der Waals surface area (Å²) in [5.74, 6) is -0.114. The molecular weight excluding hydrogens is 292 g/mol. The van der Waals surface area contributed by atoms with Gasteiger partial charge in [0.25, 0.3) is 0 Å². The number of allylic oxidation sites excluding steroid dienone is 1. The van der Waals surface area contributed by atoms with E-state index in [-0.39, 0.29) is 24.4 Å². The Morgan fingerprint density at radius 2 is 2.05 bits per heavy atom. The Labute approximate surface area is 126 Å². The van der Waals surface area contributed by atoms with Gasteiger partial charge in [-0.3, -0.25) is 9.69 Å². The van der Waals surface area contributed by atoms with E-state index in [4.69, 9.17) is 5.11 Å². The third-order valence-corrected chi connectivity index (χ3v) is 5.56. The summed E-state index contributed by atoms with van der Waals surface area (Å²) in [4.78, 5) is 12.9. The van der Waals surface area contributed by atoms with Crippen molar-refractivity contribution in [3.05, 3.63) is 12.7 Å². The highest BCUT2D eigenvalue weighted by atomic mass is 32.2. The van der Waals surface area contributed by atoms with E-state index in [1.54, 1.807) is 6.08 Å². The summed E-state index contributed by atoms with van der Waals surface area (Å²) in [5, 5.41) is 8.97. The van der Waals surface area contributed by atoms with Crippen LogP contribution in [0.15, 0.2) is 12.7 Å². The molecule has 120 valence electrons. The van der Waals surface area contributed by atoms with E-state index in [1.165, 1.54) is 12.8 Å². The van der Waals surface area contributed by atoms with Crippen LogP contribution in [0.3, 0.4) is 0 Å². The number of carboxylic acid groups (broad SMARTS) is 1. The topological polar surface area (TPSA) is 86.7 Å². The predicted octanol–water partition coefficient (Wildman–Crippen LogP) is 0.810. The van der Waals surface area contributed by atoms with E-state index in [1.807, 2.05) is 4.90 Å². The molecule has 0 atom stereocenters. The normalized spacial score (nSPS) is 25.6. The maximum absolute atomic E-state index is 11.8. The van der Waals surface area contributed by atoms with Crippen LogP contribution in [0.1, 0.15) is 32.1 Å². The molecule has 2 fully saturated rings. The van der Waals surface area contributed by atoms with Crippen LogP contribution in [-0.4, -0.2) is 55.3 Å². The van der Waals surface area contributed by atoms with E-state index < -0.39 is 16.0 Å². The molecule has 0 aliphatic heterocycles. The molecule has 0 saturated heterocycles. The third-order valence-electron chi connectivity index (χ3n) is 4.09. The van der Waals surface area contributed by atoms with Gasteiger partial charge in [-0.2, -0.15) is 0 Å². The molecule has 2 aliphatic rings. The van der Waals surface area contributed by atoms with Gasteiger partial charge in [0, 0.05) is 18.6 Å². The molecule has 0 aromatic heterocycles. The summed E-state index contributed by atoms with van der Waals surface area (Å²) in [6.45, 7) is 4.40. The summed E-state index contributed by atoms with van der Waals surface area (Å²) in [5.41, 5.74) is 0. The maximum Gasteiger partial charge on any atom is 0.317 e. The van der Waals surface area contributed by atoms with Crippen molar-refractivity contribution in [3.63, 3.8) is 0 Å². The molecule has 21 heavy (non-hydrogen) atoms. The summed E-state index contributed by atoms with van der Waals surface area (Å²) in [6.07, 6.45) is 5.80. The van der Waals surface area contributed by atoms with Gasteiger partial charge in [0.2, 0.25) is 10.0 Å². The first kappa shape index (κ1) is 16.5. The van der Waals surface area contributed by atoms with Crippen molar-refractivity contribution < 1.29 is 18.3 Å². The van der Waals surface area contributed by atoms with Crippen molar-refractivity contribution in [1.29, 1.82) is 0 Å². The number of hydrogen-bond acceptors (Lipinski definition) is 4. The molecule has 0 radical (unpaired) electrons. The summed E-state index contributed by atoms with van der Waals surface area (Å²) in [6, 6.07) is 0.133. The highest BCUT2D eigenvalue weighted by Gasteiger charge is 2.38. The quantitative estimate of drug-likeness (QED) is 0.582. The summed E-state index contributed by atoms with van der Waals surface area (Å²) < 4.78 is 26.2. The van der Waals surface area contributed by atoms with Gasteiger partial charge in [-0.15, -0.1) is 6.58 Å². The molecule has 0 spiro atoms. The Hall–Kier alpha value is -0.920. The van der Waals surface area contributed by atoms with Crippen molar-refractivity contribution in [2.75, 3.05) is 18.8 Å². The van der Waals surface area contributed by atoms with Crippen LogP contribution in [0.5, 0.6) is 0 Å². The monoisotopic (exact) mass is 316 g/mol. The van der Waals surface area contributed by atoms with Gasteiger partial charge in [0.1, 0.15) is 0 Å². The molecule has 2 saturated carbocycles. The fraction of sp³-hybridized carbons (Fsp3) is 0.786. The first-order chi connectivity index (χ1) is 9.89. The number of carboxylic acids is 1. The van der Waals surface area contributed by atoms with Crippen LogP contribution >= 0.6 is 0 Å². The van der Waals surface area contributed by atoms with Crippen molar-refractivity contribution in [1.82, 2.24) is 9.62 Å². The molecule has 0 heterocycles. The van der Waals surface area contributed by atoms with Crippen LogP contribution in [0.2, 0.25) is 0 Å². The summed E-state index contributed by atoms with van der Waals surface area (Å²) in [7, 11) is -3.24. The van der Waals surface area contributed by atoms with Gasteiger partial charge in [0.15, 0.2) is 0 Å². The minimum absolute atomic E-state index is 0.0527. The molecule has 0 amide bonds. The zero-order valence-corrected chi connectivity index (χ0v) is 13.0. The van der Waals surface area contributed by atoms with Crippen LogP contribution < -0.4 is 4.72 Å². The first-order valence-electron chi connectivity index (χ1n) is 7.46. The van der Waals surface area contributed by atoms with E-state index in [0.29, 0.717) is 25.2 Å². The minimum atomic E-state index is -3.24. The number of sulfonamides is 1. The SMILES string of the molecule is C=CCCS(=O)(=O)NC1CC(N(CC(=O)O)CC2CC2)C1. The second-order valence-corrected chi connectivity index (χ2v) is 7.98. The van der Waals surface area contributed by atoms with Crippen LogP contribution in [0.4, 0.5) is 0 Å². The number of nitrogens with zero attached hydrogens (tertiary/aromatic N) is 1. The molecule has 7 heteroatoms. The molecule has 2 rings (SSSR count). The first-order valence-corrected chi connectivity index (χ1v) is 9.11. The van der Waals surface area contributed by atoms with Gasteiger partial charge in [-0.25, -0.2) is 13.1 Å². The van der Waals surface area contributed by atoms with Gasteiger partial charge >= 0.3 is 5.97 Å². The van der Waals surface area contributed by atoms with Crippen LogP contribution in [-0.2, 0) is 14.8 Å². The molecule has 0 unspecified atom stereocenters. The van der Waals surface area contributed by atoms with Crippen molar-refractivity contribution >= 4 is 16.0 Å². The minimum Gasteiger partial charge on any atom is -0.480 e. The lowest BCUT2D eigenvalue weighted by atomic mass is 9.86. The highest BCUT2D eigenvalue weighted by molar-refractivity contribution is 7.89. The molecule has 0 bridgehead atoms. The fourth-order valence-corrected chi connectivity index (χ4v) is 3.98. The third kappa shape index (κ3) is 5.41. The lowest BCUT2D eigenvalue weighted by Crippen LogP contribution is -2.55. The Bertz CT molecular complexity index is 481. The second kappa shape index (κ2) is 6.89. The summed E-state index contributed by atoms with van der Waals surface area (Å²) >= 11 is 0. The average molecular weight is 316 g/mol. The highest BCUT2D eigenvalue weighted by Crippen LogP contribution is 2.33. The zero-order chi connectivity index (χ0) is 15.5.